The van der Waals surface area contributed by atoms with Gasteiger partial charge in [-0.2, -0.15) is 0 Å². The maximum Gasteiger partial charge on any atom is 0.227 e. The van der Waals surface area contributed by atoms with Gasteiger partial charge >= 0.3 is 0 Å². The Kier molecular flexibility index (Phi) is 3.15. The molecule has 0 unspecified atom stereocenters. The van der Waals surface area contributed by atoms with Gasteiger partial charge in [0.15, 0.2) is 5.58 Å². The van der Waals surface area contributed by atoms with Gasteiger partial charge in [0, 0.05) is 12.1 Å². The van der Waals surface area contributed by atoms with E-state index in [-0.39, 0.29) is 0 Å². The number of fused-ring (bicyclic) bond motifs is 2. The maximum absolute atomic E-state index is 5.89. The monoisotopic (exact) mass is 306 g/mol. The minimum Gasteiger partial charge on any atom is -0.436 e. The van der Waals surface area contributed by atoms with E-state index in [4.69, 9.17) is 4.42 Å². The molecular formula is C18H18N4O. The number of benzene rings is 2. The molecule has 0 atom stereocenters. The normalized spacial score (nSPS) is 11.8. The molecule has 2 aromatic heterocycles. The highest BCUT2D eigenvalue weighted by Crippen LogP contribution is 2.28. The van der Waals surface area contributed by atoms with E-state index in [2.05, 4.69) is 29.1 Å². The fraction of sp³-hybridized carbons (Fsp3) is 0.278. The van der Waals surface area contributed by atoms with Crippen molar-refractivity contribution in [2.24, 2.45) is 5.92 Å². The maximum atomic E-state index is 5.89. The van der Waals surface area contributed by atoms with Crippen molar-refractivity contribution in [2.75, 3.05) is 0 Å². The van der Waals surface area contributed by atoms with Crippen molar-refractivity contribution in [3.8, 4) is 11.5 Å². The lowest BCUT2D eigenvalue weighted by atomic mass is 10.2. The highest BCUT2D eigenvalue weighted by Gasteiger charge is 2.12. The Morgan fingerprint density at radius 1 is 1.17 bits per heavy atom. The van der Waals surface area contributed by atoms with Crippen LogP contribution in [-0.4, -0.2) is 20.0 Å². The van der Waals surface area contributed by atoms with E-state index in [1.807, 2.05) is 48.0 Å². The molecule has 0 aliphatic heterocycles. The summed E-state index contributed by atoms with van der Waals surface area (Å²) in [6.07, 6.45) is 0. The quantitative estimate of drug-likeness (QED) is 0.569. The summed E-state index contributed by atoms with van der Waals surface area (Å²) in [6.45, 7) is 7.23. The van der Waals surface area contributed by atoms with E-state index in [1.54, 1.807) is 0 Å². The van der Waals surface area contributed by atoms with Crippen molar-refractivity contribution in [3.05, 3.63) is 42.0 Å². The first kappa shape index (κ1) is 13.9. The second-order valence-electron chi connectivity index (χ2n) is 6.31. The molecule has 4 aromatic rings. The Morgan fingerprint density at radius 3 is 2.83 bits per heavy atom. The molecule has 0 saturated heterocycles. The topological polar surface area (TPSA) is 56.7 Å². The van der Waals surface area contributed by atoms with Crippen molar-refractivity contribution in [2.45, 2.75) is 27.3 Å². The summed E-state index contributed by atoms with van der Waals surface area (Å²) in [5.74, 6) is 1.15. The fourth-order valence-electron chi connectivity index (χ4n) is 2.80. The second kappa shape index (κ2) is 5.19. The molecule has 2 aromatic carbocycles. The van der Waals surface area contributed by atoms with Crippen LogP contribution in [0.25, 0.3) is 33.6 Å². The summed E-state index contributed by atoms with van der Waals surface area (Å²) < 4.78 is 7.83. The molecule has 0 aliphatic carbocycles. The van der Waals surface area contributed by atoms with E-state index in [9.17, 15) is 0 Å². The zero-order valence-electron chi connectivity index (χ0n) is 13.4. The smallest absolute Gasteiger partial charge is 0.227 e. The largest absolute Gasteiger partial charge is 0.436 e. The Balaban J connectivity index is 1.80. The molecule has 0 saturated carbocycles. The highest BCUT2D eigenvalue weighted by atomic mass is 16.3. The van der Waals surface area contributed by atoms with Crippen molar-refractivity contribution < 1.29 is 4.42 Å². The fourth-order valence-corrected chi connectivity index (χ4v) is 2.80. The molecule has 5 heteroatoms. The summed E-state index contributed by atoms with van der Waals surface area (Å²) >= 11 is 0. The van der Waals surface area contributed by atoms with Crippen LogP contribution in [0.3, 0.4) is 0 Å². The zero-order valence-corrected chi connectivity index (χ0v) is 13.4. The number of hydrogen-bond donors (Lipinski definition) is 0. The van der Waals surface area contributed by atoms with Crippen LogP contribution in [0, 0.1) is 12.8 Å². The number of nitrogens with zero attached hydrogens (tertiary/aromatic N) is 4. The molecule has 116 valence electrons. The minimum absolute atomic E-state index is 0.527. The third-order valence-electron chi connectivity index (χ3n) is 3.92. The van der Waals surface area contributed by atoms with Crippen LogP contribution >= 0.6 is 0 Å². The molecule has 0 bridgehead atoms. The molecule has 4 rings (SSSR count). The van der Waals surface area contributed by atoms with Gasteiger partial charge < -0.3 is 4.42 Å². The average Bonchev–Trinajstić information content (AvgIpc) is 3.12. The number of hydrogen-bond acceptors (Lipinski definition) is 4. The third kappa shape index (κ3) is 2.38. The zero-order chi connectivity index (χ0) is 16.0. The van der Waals surface area contributed by atoms with E-state index >= 15 is 0 Å². The summed E-state index contributed by atoms with van der Waals surface area (Å²) in [5.41, 5.74) is 5.65. The van der Waals surface area contributed by atoms with Crippen LogP contribution in [0.15, 0.2) is 40.8 Å². The van der Waals surface area contributed by atoms with Crippen molar-refractivity contribution in [3.63, 3.8) is 0 Å². The number of para-hydroxylation sites is 1. The van der Waals surface area contributed by atoms with Crippen LogP contribution < -0.4 is 0 Å². The predicted molar refractivity (Wildman–Crippen MR) is 90.1 cm³/mol. The van der Waals surface area contributed by atoms with Gasteiger partial charge in [-0.25, -0.2) is 9.67 Å². The van der Waals surface area contributed by atoms with E-state index in [1.165, 1.54) is 0 Å². The van der Waals surface area contributed by atoms with Gasteiger partial charge in [0.05, 0.1) is 5.52 Å². The standard InChI is InChI=1S/C18H18N4O/c1-11(2)10-22-15-8-7-13(9-14(15)20-21-22)18-19-17-12(3)5-4-6-16(17)23-18/h4-9,11H,10H2,1-3H3. The molecule has 0 N–H and O–H groups in total. The molecule has 2 heterocycles. The van der Waals surface area contributed by atoms with Gasteiger partial charge in [0.2, 0.25) is 5.89 Å². The van der Waals surface area contributed by atoms with E-state index in [0.717, 1.165) is 39.8 Å². The first-order chi connectivity index (χ1) is 11.1. The Labute approximate surface area is 133 Å². The number of oxazole rings is 1. The van der Waals surface area contributed by atoms with Gasteiger partial charge in [-0.3, -0.25) is 0 Å². The Hall–Kier alpha value is -2.69. The van der Waals surface area contributed by atoms with Crippen molar-refractivity contribution in [1.29, 1.82) is 0 Å². The lowest BCUT2D eigenvalue weighted by Gasteiger charge is -2.04. The molecule has 23 heavy (non-hydrogen) atoms. The molecule has 5 nitrogen and oxygen atoms in total. The van der Waals surface area contributed by atoms with Gasteiger partial charge in [-0.05, 0) is 42.7 Å². The first-order valence-electron chi connectivity index (χ1n) is 7.81. The summed E-state index contributed by atoms with van der Waals surface area (Å²) in [5, 5.41) is 8.52. The molecule has 0 amide bonds. The van der Waals surface area contributed by atoms with Crippen molar-refractivity contribution >= 4 is 22.1 Å². The molecule has 0 aliphatic rings. The van der Waals surface area contributed by atoms with Gasteiger partial charge in [0.1, 0.15) is 11.0 Å². The van der Waals surface area contributed by atoms with Crippen molar-refractivity contribution in [1.82, 2.24) is 20.0 Å². The summed E-state index contributed by atoms with van der Waals surface area (Å²) in [7, 11) is 0. The van der Waals surface area contributed by atoms with Crippen LogP contribution in [0.5, 0.6) is 0 Å². The van der Waals surface area contributed by atoms with Gasteiger partial charge in [-0.1, -0.05) is 31.2 Å². The van der Waals surface area contributed by atoms with Crippen LogP contribution in [-0.2, 0) is 6.54 Å². The summed E-state index contributed by atoms with van der Waals surface area (Å²) in [6, 6.07) is 12.0. The Morgan fingerprint density at radius 2 is 2.04 bits per heavy atom. The van der Waals surface area contributed by atoms with E-state index < -0.39 is 0 Å². The number of aromatic nitrogens is 4. The van der Waals surface area contributed by atoms with Gasteiger partial charge in [0.25, 0.3) is 0 Å². The second-order valence-corrected chi connectivity index (χ2v) is 6.31. The first-order valence-corrected chi connectivity index (χ1v) is 7.81. The molecular weight excluding hydrogens is 288 g/mol. The van der Waals surface area contributed by atoms with Crippen LogP contribution in [0.2, 0.25) is 0 Å². The molecule has 0 radical (unpaired) electrons. The lowest BCUT2D eigenvalue weighted by molar-refractivity contribution is 0.483. The predicted octanol–water partition coefficient (Wildman–Crippen LogP) is 4.20. The lowest BCUT2D eigenvalue weighted by Crippen LogP contribution is -2.05. The van der Waals surface area contributed by atoms with Crippen LogP contribution in [0.1, 0.15) is 19.4 Å². The van der Waals surface area contributed by atoms with Crippen LogP contribution in [0.4, 0.5) is 0 Å². The van der Waals surface area contributed by atoms with E-state index in [0.29, 0.717) is 11.8 Å². The SMILES string of the molecule is Cc1cccc2oc(-c3ccc4c(c3)nnn4CC(C)C)nc12. The third-order valence-corrected chi connectivity index (χ3v) is 3.92. The number of rotatable bonds is 3. The molecule has 0 fully saturated rings. The summed E-state index contributed by atoms with van der Waals surface area (Å²) in [4.78, 5) is 4.62. The molecule has 0 spiro atoms. The average molecular weight is 306 g/mol. The Bertz CT molecular complexity index is 997. The minimum atomic E-state index is 0.527. The highest BCUT2D eigenvalue weighted by molar-refractivity contribution is 5.83. The number of aryl methyl sites for hydroxylation is 1. The van der Waals surface area contributed by atoms with Gasteiger partial charge in [-0.15, -0.1) is 5.10 Å².